The molecule has 0 spiro atoms. The van der Waals surface area contributed by atoms with Gasteiger partial charge in [-0.25, -0.2) is 8.42 Å². The standard InChI is InChI=1S/C20H22ClN3O3S/c1-23-13-20(16-5-3-14(21)11-17(16)23)28(25,26)15-4-6-19(27-2)18(12-15)24-9-7-22-8-10-24/h3-6,11-13,22H,7-10H2,1-2H3. The van der Waals surface area contributed by atoms with Gasteiger partial charge in [0, 0.05) is 49.8 Å². The molecule has 148 valence electrons. The second kappa shape index (κ2) is 7.31. The minimum Gasteiger partial charge on any atom is -0.495 e. The van der Waals surface area contributed by atoms with Crippen molar-refractivity contribution in [1.82, 2.24) is 9.88 Å². The molecule has 6 nitrogen and oxygen atoms in total. The van der Waals surface area contributed by atoms with Crippen molar-refractivity contribution in [2.75, 3.05) is 38.2 Å². The Kier molecular flexibility index (Phi) is 4.99. The Labute approximate surface area is 169 Å². The van der Waals surface area contributed by atoms with Crippen molar-refractivity contribution in [1.29, 1.82) is 0 Å². The molecular formula is C20H22ClN3O3S. The first-order valence-corrected chi connectivity index (χ1v) is 10.9. The number of aromatic nitrogens is 1. The predicted molar refractivity (Wildman–Crippen MR) is 111 cm³/mol. The van der Waals surface area contributed by atoms with E-state index in [1.807, 2.05) is 7.05 Å². The zero-order valence-corrected chi connectivity index (χ0v) is 17.3. The van der Waals surface area contributed by atoms with Crippen LogP contribution in [0, 0.1) is 0 Å². The van der Waals surface area contributed by atoms with Gasteiger partial charge in [0.1, 0.15) is 5.75 Å². The summed E-state index contributed by atoms with van der Waals surface area (Å²) >= 11 is 6.08. The van der Waals surface area contributed by atoms with E-state index in [1.165, 1.54) is 0 Å². The fraction of sp³-hybridized carbons (Fsp3) is 0.300. The number of methoxy groups -OCH3 is 1. The Morgan fingerprint density at radius 3 is 2.57 bits per heavy atom. The zero-order valence-electron chi connectivity index (χ0n) is 15.8. The van der Waals surface area contributed by atoms with E-state index in [-0.39, 0.29) is 9.79 Å². The number of halogens is 1. The fourth-order valence-electron chi connectivity index (χ4n) is 3.65. The average molecular weight is 420 g/mol. The summed E-state index contributed by atoms with van der Waals surface area (Å²) in [5, 5.41) is 4.54. The van der Waals surface area contributed by atoms with E-state index in [2.05, 4.69) is 10.2 Å². The van der Waals surface area contributed by atoms with Gasteiger partial charge in [-0.15, -0.1) is 0 Å². The quantitative estimate of drug-likeness (QED) is 0.704. The first-order valence-electron chi connectivity index (χ1n) is 9.05. The summed E-state index contributed by atoms with van der Waals surface area (Å²) < 4.78 is 34.2. The number of nitrogens with one attached hydrogen (secondary N) is 1. The maximum Gasteiger partial charge on any atom is 0.208 e. The van der Waals surface area contributed by atoms with E-state index >= 15 is 0 Å². The maximum atomic E-state index is 13.5. The minimum absolute atomic E-state index is 0.254. The van der Waals surface area contributed by atoms with Crippen LogP contribution in [-0.4, -0.2) is 46.3 Å². The number of rotatable bonds is 4. The first kappa shape index (κ1) is 19.1. The van der Waals surface area contributed by atoms with E-state index in [1.54, 1.807) is 54.3 Å². The maximum absolute atomic E-state index is 13.5. The number of ether oxygens (including phenoxy) is 1. The molecule has 0 atom stereocenters. The van der Waals surface area contributed by atoms with Gasteiger partial charge in [0.25, 0.3) is 0 Å². The SMILES string of the molecule is COc1ccc(S(=O)(=O)c2cn(C)c3cc(Cl)ccc23)cc1N1CCNCC1. The van der Waals surface area contributed by atoms with E-state index < -0.39 is 9.84 Å². The summed E-state index contributed by atoms with van der Waals surface area (Å²) in [5.74, 6) is 0.672. The van der Waals surface area contributed by atoms with Gasteiger partial charge in [0.15, 0.2) is 0 Å². The third-order valence-corrected chi connectivity index (χ3v) is 7.14. The molecule has 2 heterocycles. The fourth-order valence-corrected chi connectivity index (χ4v) is 5.34. The van der Waals surface area contributed by atoms with Crippen molar-refractivity contribution in [2.24, 2.45) is 7.05 Å². The molecule has 1 aliphatic rings. The topological polar surface area (TPSA) is 63.6 Å². The summed E-state index contributed by atoms with van der Waals surface area (Å²) in [4.78, 5) is 2.68. The number of aryl methyl sites for hydroxylation is 1. The van der Waals surface area contributed by atoms with Crippen LogP contribution in [0.25, 0.3) is 10.9 Å². The van der Waals surface area contributed by atoms with Crippen LogP contribution in [0.3, 0.4) is 0 Å². The molecule has 4 rings (SSSR count). The van der Waals surface area contributed by atoms with Crippen LogP contribution in [0.5, 0.6) is 5.75 Å². The summed E-state index contributed by atoms with van der Waals surface area (Å²) in [6.07, 6.45) is 1.64. The lowest BCUT2D eigenvalue weighted by molar-refractivity contribution is 0.412. The highest BCUT2D eigenvalue weighted by molar-refractivity contribution is 7.91. The van der Waals surface area contributed by atoms with E-state index in [0.29, 0.717) is 16.2 Å². The molecule has 1 aromatic heterocycles. The molecule has 0 bridgehead atoms. The highest BCUT2D eigenvalue weighted by Gasteiger charge is 2.25. The number of anilines is 1. The predicted octanol–water partition coefficient (Wildman–Crippen LogP) is 3.08. The lowest BCUT2D eigenvalue weighted by Crippen LogP contribution is -2.43. The lowest BCUT2D eigenvalue weighted by atomic mass is 10.2. The molecule has 1 fully saturated rings. The van der Waals surface area contributed by atoms with Crippen molar-refractivity contribution in [3.05, 3.63) is 47.6 Å². The van der Waals surface area contributed by atoms with Crippen molar-refractivity contribution in [3.8, 4) is 5.75 Å². The normalized spacial score (nSPS) is 15.2. The second-order valence-corrected chi connectivity index (χ2v) is 9.19. The van der Waals surface area contributed by atoms with Crippen molar-refractivity contribution < 1.29 is 13.2 Å². The van der Waals surface area contributed by atoms with Gasteiger partial charge in [-0.3, -0.25) is 0 Å². The smallest absolute Gasteiger partial charge is 0.208 e. The molecule has 28 heavy (non-hydrogen) atoms. The number of sulfone groups is 1. The molecule has 0 aliphatic carbocycles. The summed E-state index contributed by atoms with van der Waals surface area (Å²) in [6.45, 7) is 3.30. The van der Waals surface area contributed by atoms with Crippen LogP contribution < -0.4 is 15.0 Å². The third-order valence-electron chi connectivity index (χ3n) is 5.12. The van der Waals surface area contributed by atoms with Crippen LogP contribution in [0.2, 0.25) is 5.02 Å². The van der Waals surface area contributed by atoms with Gasteiger partial charge >= 0.3 is 0 Å². The van der Waals surface area contributed by atoms with Crippen LogP contribution in [0.15, 0.2) is 52.4 Å². The van der Waals surface area contributed by atoms with E-state index in [9.17, 15) is 8.42 Å². The molecule has 1 N–H and O–H groups in total. The van der Waals surface area contributed by atoms with Gasteiger partial charge < -0.3 is 19.5 Å². The highest BCUT2D eigenvalue weighted by atomic mass is 35.5. The van der Waals surface area contributed by atoms with Gasteiger partial charge in [0.2, 0.25) is 9.84 Å². The van der Waals surface area contributed by atoms with Crippen LogP contribution in [0.1, 0.15) is 0 Å². The average Bonchev–Trinajstić information content (AvgIpc) is 3.05. The van der Waals surface area contributed by atoms with Crippen molar-refractivity contribution in [2.45, 2.75) is 9.79 Å². The Balaban J connectivity index is 1.84. The first-order chi connectivity index (χ1) is 13.4. The molecule has 0 amide bonds. The van der Waals surface area contributed by atoms with Crippen molar-refractivity contribution >= 4 is 38.0 Å². The number of fused-ring (bicyclic) bond motifs is 1. The van der Waals surface area contributed by atoms with Gasteiger partial charge in [-0.2, -0.15) is 0 Å². The molecule has 2 aromatic carbocycles. The largest absolute Gasteiger partial charge is 0.495 e. The number of hydrogen-bond acceptors (Lipinski definition) is 5. The van der Waals surface area contributed by atoms with E-state index in [0.717, 1.165) is 37.4 Å². The number of piperazine rings is 1. The molecule has 0 radical (unpaired) electrons. The summed E-state index contributed by atoms with van der Waals surface area (Å²) in [7, 11) is -0.287. The Bertz CT molecular complexity index is 1140. The molecule has 1 aliphatic heterocycles. The number of nitrogens with zero attached hydrogens (tertiary/aromatic N) is 2. The molecular weight excluding hydrogens is 398 g/mol. The third kappa shape index (κ3) is 3.23. The Morgan fingerprint density at radius 2 is 1.86 bits per heavy atom. The van der Waals surface area contributed by atoms with Crippen LogP contribution in [0.4, 0.5) is 5.69 Å². The van der Waals surface area contributed by atoms with Crippen LogP contribution >= 0.6 is 11.6 Å². The minimum atomic E-state index is -3.71. The summed E-state index contributed by atoms with van der Waals surface area (Å²) in [6, 6.07) is 10.3. The van der Waals surface area contributed by atoms with Crippen molar-refractivity contribution in [3.63, 3.8) is 0 Å². The molecule has 8 heteroatoms. The Morgan fingerprint density at radius 1 is 1.11 bits per heavy atom. The second-order valence-electron chi connectivity index (χ2n) is 6.84. The molecule has 1 saturated heterocycles. The van der Waals surface area contributed by atoms with Gasteiger partial charge in [0.05, 0.1) is 28.1 Å². The lowest BCUT2D eigenvalue weighted by Gasteiger charge is -2.30. The van der Waals surface area contributed by atoms with Gasteiger partial charge in [-0.1, -0.05) is 17.7 Å². The Hall–Kier alpha value is -2.22. The number of benzene rings is 2. The highest BCUT2D eigenvalue weighted by Crippen LogP contribution is 2.36. The monoisotopic (exact) mass is 419 g/mol. The molecule has 0 unspecified atom stereocenters. The van der Waals surface area contributed by atoms with E-state index in [4.69, 9.17) is 16.3 Å². The van der Waals surface area contributed by atoms with Gasteiger partial charge in [-0.05, 0) is 30.3 Å². The van der Waals surface area contributed by atoms with Crippen LogP contribution in [-0.2, 0) is 16.9 Å². The molecule has 0 saturated carbocycles. The number of hydrogen-bond donors (Lipinski definition) is 1. The zero-order chi connectivity index (χ0) is 19.9. The summed E-state index contributed by atoms with van der Waals surface area (Å²) in [5.41, 5.74) is 1.58. The molecule has 3 aromatic rings.